The van der Waals surface area contributed by atoms with Crippen LogP contribution < -0.4 is 10.1 Å². The molecule has 26 heavy (non-hydrogen) atoms. The molecule has 0 bridgehead atoms. The molecule has 0 saturated carbocycles. The Hall–Kier alpha value is -2.74. The lowest BCUT2D eigenvalue weighted by molar-refractivity contribution is -0.123. The topological polar surface area (TPSA) is 69.0 Å². The normalized spacial score (nSPS) is 11.8. The first-order chi connectivity index (χ1) is 12.5. The smallest absolute Gasteiger partial charge is 0.258 e. The summed E-state index contributed by atoms with van der Waals surface area (Å²) in [6.07, 6.45) is 3.07. The standard InChI is InChI=1S/C18H16BrFN4O2/c1-12(13-2-5-15(6-3-13)24-11-21-10-22-24)23-18(25)9-26-17-7-4-14(19)8-16(17)20/h2-8,10-12H,9H2,1H3,(H,23,25)/t12-/m1/s1. The number of benzene rings is 2. The maximum atomic E-state index is 13.7. The Bertz CT molecular complexity index is 885. The highest BCUT2D eigenvalue weighted by molar-refractivity contribution is 9.10. The summed E-state index contributed by atoms with van der Waals surface area (Å²) in [4.78, 5) is 15.9. The van der Waals surface area contributed by atoms with Gasteiger partial charge in [0.05, 0.1) is 11.7 Å². The van der Waals surface area contributed by atoms with Crippen molar-refractivity contribution < 1.29 is 13.9 Å². The van der Waals surface area contributed by atoms with Gasteiger partial charge in [0.25, 0.3) is 5.91 Å². The summed E-state index contributed by atoms with van der Waals surface area (Å²) in [6.45, 7) is 1.60. The summed E-state index contributed by atoms with van der Waals surface area (Å²) in [5.74, 6) is -0.822. The van der Waals surface area contributed by atoms with Gasteiger partial charge in [-0.15, -0.1) is 0 Å². The number of nitrogens with one attached hydrogen (secondary N) is 1. The summed E-state index contributed by atoms with van der Waals surface area (Å²) < 4.78 is 21.2. The van der Waals surface area contributed by atoms with Crippen LogP contribution in [0, 0.1) is 5.82 Å². The van der Waals surface area contributed by atoms with E-state index in [1.54, 1.807) is 17.1 Å². The molecule has 1 aromatic heterocycles. The number of rotatable bonds is 6. The zero-order valence-corrected chi connectivity index (χ0v) is 15.5. The molecular weight excluding hydrogens is 403 g/mol. The van der Waals surface area contributed by atoms with Gasteiger partial charge in [0.1, 0.15) is 12.7 Å². The molecule has 0 spiro atoms. The van der Waals surface area contributed by atoms with E-state index >= 15 is 0 Å². The van der Waals surface area contributed by atoms with Crippen molar-refractivity contribution in [3.8, 4) is 11.4 Å². The monoisotopic (exact) mass is 418 g/mol. The van der Waals surface area contributed by atoms with Crippen LogP contribution in [0.15, 0.2) is 59.6 Å². The van der Waals surface area contributed by atoms with Crippen molar-refractivity contribution >= 4 is 21.8 Å². The molecule has 3 aromatic rings. The van der Waals surface area contributed by atoms with E-state index < -0.39 is 5.82 Å². The van der Waals surface area contributed by atoms with Crippen molar-refractivity contribution in [1.29, 1.82) is 0 Å². The van der Waals surface area contributed by atoms with Crippen LogP contribution in [-0.2, 0) is 4.79 Å². The van der Waals surface area contributed by atoms with E-state index in [2.05, 4.69) is 31.3 Å². The minimum absolute atomic E-state index is 0.0354. The van der Waals surface area contributed by atoms with E-state index in [9.17, 15) is 9.18 Å². The largest absolute Gasteiger partial charge is 0.481 e. The first kappa shape index (κ1) is 18.1. The van der Waals surface area contributed by atoms with Crippen LogP contribution >= 0.6 is 15.9 Å². The summed E-state index contributed by atoms with van der Waals surface area (Å²) in [5, 5.41) is 6.88. The lowest BCUT2D eigenvalue weighted by Crippen LogP contribution is -2.31. The van der Waals surface area contributed by atoms with Crippen molar-refractivity contribution in [2.24, 2.45) is 0 Å². The average molecular weight is 419 g/mol. The van der Waals surface area contributed by atoms with Gasteiger partial charge in [-0.3, -0.25) is 4.79 Å². The van der Waals surface area contributed by atoms with Crippen LogP contribution in [0.5, 0.6) is 5.75 Å². The van der Waals surface area contributed by atoms with Gasteiger partial charge < -0.3 is 10.1 Å². The molecule has 0 radical (unpaired) electrons. The first-order valence-electron chi connectivity index (χ1n) is 7.85. The molecule has 134 valence electrons. The SMILES string of the molecule is C[C@@H](NC(=O)COc1ccc(Br)cc1F)c1ccc(-n2cncn2)cc1. The van der Waals surface area contributed by atoms with E-state index in [1.165, 1.54) is 18.5 Å². The Morgan fingerprint density at radius 1 is 1.31 bits per heavy atom. The van der Waals surface area contributed by atoms with Crippen LogP contribution in [-0.4, -0.2) is 27.3 Å². The van der Waals surface area contributed by atoms with Crippen LogP contribution in [0.25, 0.3) is 5.69 Å². The molecule has 1 heterocycles. The first-order valence-corrected chi connectivity index (χ1v) is 8.64. The molecule has 0 unspecified atom stereocenters. The van der Waals surface area contributed by atoms with Gasteiger partial charge in [0.2, 0.25) is 0 Å². The maximum absolute atomic E-state index is 13.7. The number of aromatic nitrogens is 3. The molecule has 0 fully saturated rings. The minimum Gasteiger partial charge on any atom is -0.481 e. The number of hydrogen-bond acceptors (Lipinski definition) is 4. The molecule has 1 amide bonds. The maximum Gasteiger partial charge on any atom is 0.258 e. The highest BCUT2D eigenvalue weighted by atomic mass is 79.9. The van der Waals surface area contributed by atoms with E-state index in [-0.39, 0.29) is 24.3 Å². The van der Waals surface area contributed by atoms with Gasteiger partial charge in [-0.2, -0.15) is 5.10 Å². The molecule has 2 aromatic carbocycles. The molecule has 6 nitrogen and oxygen atoms in total. The van der Waals surface area contributed by atoms with Crippen molar-refractivity contribution in [2.75, 3.05) is 6.61 Å². The summed E-state index contributed by atoms with van der Waals surface area (Å²) in [7, 11) is 0. The lowest BCUT2D eigenvalue weighted by Gasteiger charge is -2.15. The minimum atomic E-state index is -0.524. The predicted octanol–water partition coefficient (Wildman–Crippen LogP) is 3.43. The van der Waals surface area contributed by atoms with Crippen molar-refractivity contribution in [1.82, 2.24) is 20.1 Å². The van der Waals surface area contributed by atoms with E-state index in [0.29, 0.717) is 4.47 Å². The summed E-state index contributed by atoms with van der Waals surface area (Å²) in [5.41, 5.74) is 1.80. The number of nitrogens with zero attached hydrogens (tertiary/aromatic N) is 3. The number of carbonyl (C=O) groups excluding carboxylic acids is 1. The van der Waals surface area contributed by atoms with Gasteiger partial charge in [0.15, 0.2) is 18.2 Å². The van der Waals surface area contributed by atoms with E-state index in [1.807, 2.05) is 31.2 Å². The fraction of sp³-hybridized carbons (Fsp3) is 0.167. The Morgan fingerprint density at radius 2 is 2.08 bits per heavy atom. The number of hydrogen-bond donors (Lipinski definition) is 1. The molecule has 0 aliphatic rings. The van der Waals surface area contributed by atoms with Crippen LogP contribution in [0.3, 0.4) is 0 Å². The lowest BCUT2D eigenvalue weighted by atomic mass is 10.1. The van der Waals surface area contributed by atoms with Crippen molar-refractivity contribution in [2.45, 2.75) is 13.0 Å². The molecule has 3 rings (SSSR count). The second kappa shape index (κ2) is 8.09. The highest BCUT2D eigenvalue weighted by Gasteiger charge is 2.12. The molecule has 1 N–H and O–H groups in total. The molecule has 8 heteroatoms. The quantitative estimate of drug-likeness (QED) is 0.665. The Kier molecular flexibility index (Phi) is 5.62. The third-order valence-electron chi connectivity index (χ3n) is 3.71. The zero-order chi connectivity index (χ0) is 18.5. The number of halogens is 2. The van der Waals surface area contributed by atoms with Gasteiger partial charge in [-0.1, -0.05) is 28.1 Å². The fourth-order valence-corrected chi connectivity index (χ4v) is 2.69. The number of carbonyl (C=O) groups is 1. The third-order valence-corrected chi connectivity index (χ3v) is 4.20. The number of ether oxygens (including phenoxy) is 1. The van der Waals surface area contributed by atoms with Crippen LogP contribution in [0.4, 0.5) is 4.39 Å². The summed E-state index contributed by atoms with van der Waals surface area (Å²) >= 11 is 3.17. The van der Waals surface area contributed by atoms with Crippen LogP contribution in [0.1, 0.15) is 18.5 Å². The Labute approximate surface area is 158 Å². The van der Waals surface area contributed by atoms with Gasteiger partial charge in [-0.05, 0) is 42.8 Å². The van der Waals surface area contributed by atoms with E-state index in [4.69, 9.17) is 4.74 Å². The Balaban J connectivity index is 1.55. The molecule has 1 atom stereocenters. The third kappa shape index (κ3) is 4.45. The molecule has 0 aliphatic heterocycles. The Morgan fingerprint density at radius 3 is 2.73 bits per heavy atom. The fourth-order valence-electron chi connectivity index (χ4n) is 2.36. The zero-order valence-electron chi connectivity index (χ0n) is 13.9. The highest BCUT2D eigenvalue weighted by Crippen LogP contribution is 2.21. The van der Waals surface area contributed by atoms with Gasteiger partial charge >= 0.3 is 0 Å². The van der Waals surface area contributed by atoms with Gasteiger partial charge in [0, 0.05) is 4.47 Å². The van der Waals surface area contributed by atoms with Crippen LogP contribution in [0.2, 0.25) is 0 Å². The predicted molar refractivity (Wildman–Crippen MR) is 97.5 cm³/mol. The summed E-state index contributed by atoms with van der Waals surface area (Å²) in [6, 6.07) is 11.8. The second-order valence-electron chi connectivity index (χ2n) is 5.58. The second-order valence-corrected chi connectivity index (χ2v) is 6.50. The van der Waals surface area contributed by atoms with E-state index in [0.717, 1.165) is 11.3 Å². The number of amides is 1. The van der Waals surface area contributed by atoms with Crippen molar-refractivity contribution in [3.63, 3.8) is 0 Å². The van der Waals surface area contributed by atoms with Gasteiger partial charge in [-0.25, -0.2) is 14.1 Å². The van der Waals surface area contributed by atoms with Crippen molar-refractivity contribution in [3.05, 3.63) is 71.0 Å². The molecule has 0 aliphatic carbocycles. The molecule has 0 saturated heterocycles. The average Bonchev–Trinajstić information content (AvgIpc) is 3.16. The molecular formula is C18H16BrFN4O2.